The van der Waals surface area contributed by atoms with Crippen LogP contribution in [0.1, 0.15) is 36.1 Å². The number of phenols is 2. The summed E-state index contributed by atoms with van der Waals surface area (Å²) in [6.07, 6.45) is -0.229. The summed E-state index contributed by atoms with van der Waals surface area (Å²) >= 11 is 0. The predicted octanol–water partition coefficient (Wildman–Crippen LogP) is 4.87. The molecule has 0 bridgehead atoms. The summed E-state index contributed by atoms with van der Waals surface area (Å²) in [4.78, 5) is 16.2. The van der Waals surface area contributed by atoms with Crippen molar-refractivity contribution in [2.75, 3.05) is 11.9 Å². The van der Waals surface area contributed by atoms with E-state index in [1.54, 1.807) is 13.1 Å². The van der Waals surface area contributed by atoms with Gasteiger partial charge in [-0.15, -0.1) is 0 Å². The normalized spacial score (nSPS) is 19.2. The second kappa shape index (κ2) is 9.07. The number of aromatic hydroxyl groups is 2. The zero-order chi connectivity index (χ0) is 23.7. The van der Waals surface area contributed by atoms with Gasteiger partial charge in [-0.2, -0.15) is 0 Å². The molecule has 2 amide bonds. The van der Waals surface area contributed by atoms with Crippen molar-refractivity contribution >= 4 is 11.7 Å². The molecule has 0 unspecified atom stereocenters. The minimum Gasteiger partial charge on any atom is -0.508 e. The minimum absolute atomic E-state index is 0.120. The van der Waals surface area contributed by atoms with Gasteiger partial charge in [0.25, 0.3) is 0 Å². The highest BCUT2D eigenvalue weighted by Gasteiger charge is 2.46. The van der Waals surface area contributed by atoms with Crippen LogP contribution in [-0.4, -0.2) is 39.3 Å². The van der Waals surface area contributed by atoms with E-state index in [9.17, 15) is 28.9 Å². The average molecular weight is 454 g/mol. The number of likely N-dealkylation sites (N-methyl/N-ethyl adjacent to an activating group) is 1. The van der Waals surface area contributed by atoms with E-state index in [-0.39, 0.29) is 24.0 Å². The number of hydrogen-bond donors (Lipinski definition) is 3. The lowest BCUT2D eigenvalue weighted by Crippen LogP contribution is -2.31. The predicted molar refractivity (Wildman–Crippen MR) is 119 cm³/mol. The van der Waals surface area contributed by atoms with Crippen molar-refractivity contribution in [3.63, 3.8) is 0 Å². The Bertz CT molecular complexity index is 1140. The number of anilines is 1. The maximum absolute atomic E-state index is 13.5. The summed E-state index contributed by atoms with van der Waals surface area (Å²) in [6, 6.07) is 13.8. The van der Waals surface area contributed by atoms with Gasteiger partial charge in [0, 0.05) is 24.4 Å². The molecule has 4 rings (SSSR count). The number of aliphatic hydroxyl groups is 1. The number of amides is 2. The molecule has 0 aromatic heterocycles. The first-order valence-corrected chi connectivity index (χ1v) is 10.5. The van der Waals surface area contributed by atoms with Gasteiger partial charge in [-0.05, 0) is 66.9 Å². The lowest BCUT2D eigenvalue weighted by atomic mass is 9.92. The summed E-state index contributed by atoms with van der Waals surface area (Å²) in [5.74, 6) is -1.14. The number of aliphatic hydroxyl groups excluding tert-OH is 1. The van der Waals surface area contributed by atoms with Crippen LogP contribution in [0.3, 0.4) is 0 Å². The summed E-state index contributed by atoms with van der Waals surface area (Å²) in [7, 11) is 1.63. The Morgan fingerprint density at radius 1 is 0.939 bits per heavy atom. The van der Waals surface area contributed by atoms with Crippen LogP contribution in [0.15, 0.2) is 66.7 Å². The van der Waals surface area contributed by atoms with Crippen LogP contribution < -0.4 is 4.90 Å². The largest absolute Gasteiger partial charge is 0.508 e. The molecule has 3 N–H and O–H groups in total. The van der Waals surface area contributed by atoms with Crippen LogP contribution in [0.4, 0.5) is 19.3 Å². The highest BCUT2D eigenvalue weighted by atomic mass is 19.1. The highest BCUT2D eigenvalue weighted by molar-refractivity contribution is 5.96. The van der Waals surface area contributed by atoms with Crippen molar-refractivity contribution in [2.45, 2.75) is 31.0 Å². The average Bonchev–Trinajstić information content (AvgIpc) is 3.03. The molecule has 1 aliphatic heterocycles. The zero-order valence-electron chi connectivity index (χ0n) is 17.9. The molecule has 3 aromatic rings. The molecule has 172 valence electrons. The van der Waals surface area contributed by atoms with Gasteiger partial charge < -0.3 is 20.2 Å². The van der Waals surface area contributed by atoms with E-state index in [1.165, 1.54) is 70.5 Å². The van der Waals surface area contributed by atoms with Gasteiger partial charge in [-0.25, -0.2) is 13.6 Å². The first-order valence-electron chi connectivity index (χ1n) is 10.5. The number of rotatable bonds is 6. The van der Waals surface area contributed by atoms with Gasteiger partial charge in [0.2, 0.25) is 0 Å². The number of carbonyl (C=O) groups excluding carboxylic acids is 1. The first kappa shape index (κ1) is 22.5. The van der Waals surface area contributed by atoms with Crippen molar-refractivity contribution < 1.29 is 28.9 Å². The zero-order valence-corrected chi connectivity index (χ0v) is 17.9. The quantitative estimate of drug-likeness (QED) is 0.496. The van der Waals surface area contributed by atoms with Gasteiger partial charge in [0.05, 0.1) is 18.2 Å². The van der Waals surface area contributed by atoms with Crippen molar-refractivity contribution in [1.29, 1.82) is 0 Å². The third-order valence-corrected chi connectivity index (χ3v) is 6.08. The van der Waals surface area contributed by atoms with Gasteiger partial charge in [-0.3, -0.25) is 4.90 Å². The topological polar surface area (TPSA) is 84.2 Å². The van der Waals surface area contributed by atoms with Crippen LogP contribution in [-0.2, 0) is 0 Å². The van der Waals surface area contributed by atoms with Crippen LogP contribution >= 0.6 is 0 Å². The molecular formula is C25H24F2N2O4. The molecule has 1 fully saturated rings. The lowest BCUT2D eigenvalue weighted by molar-refractivity contribution is 0.148. The molecular weight excluding hydrogens is 430 g/mol. The summed E-state index contributed by atoms with van der Waals surface area (Å²) < 4.78 is 26.7. The molecule has 1 heterocycles. The smallest absolute Gasteiger partial charge is 0.325 e. The number of hydrogen-bond acceptors (Lipinski definition) is 4. The van der Waals surface area contributed by atoms with Crippen LogP contribution in [0, 0.1) is 11.6 Å². The molecule has 0 spiro atoms. The molecule has 8 heteroatoms. The molecule has 0 radical (unpaired) electrons. The fraction of sp³-hybridized carbons (Fsp3) is 0.240. The SMILES string of the molecule is CN1C(=O)N(c2ccc(F)cc2)[C@H](c2ccc(O)cc2O)[C@@H]1CC[C@H](O)c1ccc(F)cc1. The molecule has 33 heavy (non-hydrogen) atoms. The van der Waals surface area contributed by atoms with Crippen LogP contribution in [0.5, 0.6) is 11.5 Å². The second-order valence-corrected chi connectivity index (χ2v) is 8.14. The van der Waals surface area contributed by atoms with Crippen LogP contribution in [0.2, 0.25) is 0 Å². The highest BCUT2D eigenvalue weighted by Crippen LogP contribution is 2.44. The van der Waals surface area contributed by atoms with Crippen molar-refractivity contribution in [3.8, 4) is 11.5 Å². The molecule has 1 saturated heterocycles. The summed E-state index contributed by atoms with van der Waals surface area (Å²) in [5.41, 5.74) is 1.42. The lowest BCUT2D eigenvalue weighted by Gasteiger charge is -2.29. The number of phenolic OH excluding ortho intramolecular Hbond substituents is 2. The number of halogens is 2. The molecule has 0 saturated carbocycles. The Morgan fingerprint density at radius 2 is 1.55 bits per heavy atom. The maximum Gasteiger partial charge on any atom is 0.325 e. The molecule has 0 aliphatic carbocycles. The van der Waals surface area contributed by atoms with E-state index < -0.39 is 29.8 Å². The Kier molecular flexibility index (Phi) is 6.20. The van der Waals surface area contributed by atoms with Gasteiger partial charge in [0.15, 0.2) is 0 Å². The molecule has 1 aliphatic rings. The van der Waals surface area contributed by atoms with Crippen molar-refractivity contribution in [3.05, 3.63) is 89.5 Å². The van der Waals surface area contributed by atoms with E-state index in [2.05, 4.69) is 0 Å². The Balaban J connectivity index is 1.68. The van der Waals surface area contributed by atoms with Gasteiger partial charge in [0.1, 0.15) is 23.1 Å². The number of benzene rings is 3. The Morgan fingerprint density at radius 3 is 2.15 bits per heavy atom. The van der Waals surface area contributed by atoms with E-state index in [1.807, 2.05) is 0 Å². The van der Waals surface area contributed by atoms with Gasteiger partial charge in [-0.1, -0.05) is 12.1 Å². The number of carbonyl (C=O) groups is 1. The maximum atomic E-state index is 13.5. The standard InChI is InChI=1S/C25H24F2N2O4/c1-28-21(12-13-22(31)15-2-4-16(26)5-3-15)24(20-11-10-19(30)14-23(20)32)29(25(28)33)18-8-6-17(27)7-9-18/h2-11,14,21-22,24,30-32H,12-13H2,1H3/t21-,22-,24+/m0/s1. The fourth-order valence-electron chi connectivity index (χ4n) is 4.35. The minimum atomic E-state index is -0.872. The van der Waals surface area contributed by atoms with E-state index in [0.717, 1.165) is 0 Å². The van der Waals surface area contributed by atoms with Crippen molar-refractivity contribution in [2.24, 2.45) is 0 Å². The third-order valence-electron chi connectivity index (χ3n) is 6.08. The molecule has 3 aromatic carbocycles. The Labute approximate surface area is 189 Å². The van der Waals surface area contributed by atoms with Gasteiger partial charge >= 0.3 is 6.03 Å². The van der Waals surface area contributed by atoms with Crippen LogP contribution in [0.25, 0.3) is 0 Å². The monoisotopic (exact) mass is 454 g/mol. The molecule has 3 atom stereocenters. The Hall–Kier alpha value is -3.65. The van der Waals surface area contributed by atoms with E-state index >= 15 is 0 Å². The van der Waals surface area contributed by atoms with Crippen molar-refractivity contribution in [1.82, 2.24) is 4.90 Å². The first-order chi connectivity index (χ1) is 15.8. The van der Waals surface area contributed by atoms with E-state index in [0.29, 0.717) is 23.2 Å². The molecule has 6 nitrogen and oxygen atoms in total. The third kappa shape index (κ3) is 4.47. The number of urea groups is 1. The summed E-state index contributed by atoms with van der Waals surface area (Å²) in [6.45, 7) is 0. The fourth-order valence-corrected chi connectivity index (χ4v) is 4.35. The second-order valence-electron chi connectivity index (χ2n) is 8.14. The van der Waals surface area contributed by atoms with E-state index in [4.69, 9.17) is 0 Å². The summed E-state index contributed by atoms with van der Waals surface area (Å²) in [5, 5.41) is 30.9. The number of nitrogens with zero attached hydrogens (tertiary/aromatic N) is 2.